The van der Waals surface area contributed by atoms with Gasteiger partial charge in [-0.15, -0.1) is 11.3 Å². The SMILES string of the molecule is CC(C)NC(=O)NC(=O)CN1CCN(S(=O)(=O)c2cccs2)CC1. The lowest BCUT2D eigenvalue weighted by atomic mass is 10.3. The van der Waals surface area contributed by atoms with E-state index < -0.39 is 22.0 Å². The number of piperazine rings is 1. The standard InChI is InChI=1S/C14H22N4O4S2/c1-11(2)15-14(20)16-12(19)10-17-5-7-18(8-6-17)24(21,22)13-4-3-9-23-13/h3-4,9,11H,5-8,10H2,1-2H3,(H2,15,16,19,20). The number of imide groups is 1. The van der Waals surface area contributed by atoms with Gasteiger partial charge in [-0.05, 0) is 25.3 Å². The van der Waals surface area contributed by atoms with Crippen LogP contribution in [0.15, 0.2) is 21.7 Å². The van der Waals surface area contributed by atoms with E-state index in [-0.39, 0.29) is 12.6 Å². The van der Waals surface area contributed by atoms with Crippen molar-refractivity contribution in [1.82, 2.24) is 19.8 Å². The van der Waals surface area contributed by atoms with Crippen LogP contribution in [0.1, 0.15) is 13.8 Å². The van der Waals surface area contributed by atoms with Gasteiger partial charge in [-0.25, -0.2) is 13.2 Å². The molecule has 1 aliphatic rings. The molecule has 2 rings (SSSR count). The fourth-order valence-electron chi connectivity index (χ4n) is 2.33. The van der Waals surface area contributed by atoms with Gasteiger partial charge < -0.3 is 5.32 Å². The molecular weight excluding hydrogens is 352 g/mol. The molecule has 3 amide bonds. The van der Waals surface area contributed by atoms with Crippen LogP contribution >= 0.6 is 11.3 Å². The van der Waals surface area contributed by atoms with Crippen LogP contribution in [-0.2, 0) is 14.8 Å². The summed E-state index contributed by atoms with van der Waals surface area (Å²) in [5, 5.41) is 6.57. The third kappa shape index (κ3) is 5.00. The Morgan fingerprint density at radius 3 is 2.46 bits per heavy atom. The van der Waals surface area contributed by atoms with E-state index in [1.54, 1.807) is 31.4 Å². The number of hydrogen-bond donors (Lipinski definition) is 2. The van der Waals surface area contributed by atoms with Crippen LogP contribution in [0.25, 0.3) is 0 Å². The Morgan fingerprint density at radius 2 is 1.92 bits per heavy atom. The molecule has 0 bridgehead atoms. The molecule has 0 spiro atoms. The summed E-state index contributed by atoms with van der Waals surface area (Å²) in [6.45, 7) is 5.22. The third-order valence-electron chi connectivity index (χ3n) is 3.46. The largest absolute Gasteiger partial charge is 0.336 e. The molecule has 134 valence electrons. The quantitative estimate of drug-likeness (QED) is 0.772. The molecule has 1 saturated heterocycles. The Kier molecular flexibility index (Phi) is 6.33. The van der Waals surface area contributed by atoms with Crippen molar-refractivity contribution < 1.29 is 18.0 Å². The van der Waals surface area contributed by atoms with Crippen LogP contribution < -0.4 is 10.6 Å². The van der Waals surface area contributed by atoms with Crippen molar-refractivity contribution >= 4 is 33.3 Å². The Hall–Kier alpha value is -1.49. The van der Waals surface area contributed by atoms with E-state index in [2.05, 4.69) is 10.6 Å². The summed E-state index contributed by atoms with van der Waals surface area (Å²) in [7, 11) is -3.44. The van der Waals surface area contributed by atoms with Gasteiger partial charge in [0.05, 0.1) is 6.54 Å². The molecule has 0 saturated carbocycles. The summed E-state index contributed by atoms with van der Waals surface area (Å²) in [5.41, 5.74) is 0. The zero-order valence-corrected chi connectivity index (χ0v) is 15.3. The van der Waals surface area contributed by atoms with Crippen LogP contribution in [0, 0.1) is 0 Å². The van der Waals surface area contributed by atoms with Gasteiger partial charge in [0.25, 0.3) is 10.0 Å². The summed E-state index contributed by atoms with van der Waals surface area (Å²) >= 11 is 1.19. The molecule has 0 atom stereocenters. The maximum absolute atomic E-state index is 12.4. The first-order valence-electron chi connectivity index (χ1n) is 7.65. The fraction of sp³-hybridized carbons (Fsp3) is 0.571. The second-order valence-electron chi connectivity index (χ2n) is 5.79. The number of amides is 3. The number of thiophene rings is 1. The highest BCUT2D eigenvalue weighted by Gasteiger charge is 2.29. The first kappa shape index (κ1) is 18.8. The summed E-state index contributed by atoms with van der Waals surface area (Å²) in [4.78, 5) is 25.1. The number of carbonyl (C=O) groups excluding carboxylic acids is 2. The minimum atomic E-state index is -3.44. The topological polar surface area (TPSA) is 98.8 Å². The molecule has 0 aliphatic carbocycles. The average molecular weight is 374 g/mol. The monoisotopic (exact) mass is 374 g/mol. The van der Waals surface area contributed by atoms with Gasteiger partial charge in [0, 0.05) is 32.2 Å². The smallest absolute Gasteiger partial charge is 0.321 e. The number of carbonyl (C=O) groups is 2. The van der Waals surface area contributed by atoms with Crippen molar-refractivity contribution in [1.29, 1.82) is 0 Å². The molecule has 0 aromatic carbocycles. The van der Waals surface area contributed by atoms with E-state index in [0.717, 1.165) is 0 Å². The molecule has 10 heteroatoms. The lowest BCUT2D eigenvalue weighted by Gasteiger charge is -2.33. The summed E-state index contributed by atoms with van der Waals surface area (Å²) in [6.07, 6.45) is 0. The van der Waals surface area contributed by atoms with E-state index >= 15 is 0 Å². The Bertz CT molecular complexity index is 665. The van der Waals surface area contributed by atoms with Crippen molar-refractivity contribution in [2.24, 2.45) is 0 Å². The number of sulfonamides is 1. The fourth-order valence-corrected chi connectivity index (χ4v) is 4.90. The van der Waals surface area contributed by atoms with Gasteiger partial charge in [0.1, 0.15) is 4.21 Å². The first-order chi connectivity index (χ1) is 11.3. The van der Waals surface area contributed by atoms with Crippen LogP contribution in [0.3, 0.4) is 0 Å². The van der Waals surface area contributed by atoms with Crippen molar-refractivity contribution in [3.63, 3.8) is 0 Å². The van der Waals surface area contributed by atoms with Crippen molar-refractivity contribution in [3.05, 3.63) is 17.5 Å². The Morgan fingerprint density at radius 1 is 1.25 bits per heavy atom. The maximum Gasteiger partial charge on any atom is 0.321 e. The Balaban J connectivity index is 1.81. The molecule has 0 radical (unpaired) electrons. The van der Waals surface area contributed by atoms with Crippen LogP contribution in [0.2, 0.25) is 0 Å². The van der Waals surface area contributed by atoms with Crippen molar-refractivity contribution in [2.45, 2.75) is 24.1 Å². The molecule has 2 N–H and O–H groups in total. The number of hydrogen-bond acceptors (Lipinski definition) is 6. The van der Waals surface area contributed by atoms with Crippen LogP contribution in [0.4, 0.5) is 4.79 Å². The van der Waals surface area contributed by atoms with Crippen LogP contribution in [-0.4, -0.2) is 68.3 Å². The molecule has 1 aromatic heterocycles. The molecule has 1 fully saturated rings. The molecular formula is C14H22N4O4S2. The molecule has 24 heavy (non-hydrogen) atoms. The second kappa shape index (κ2) is 8.06. The van der Waals surface area contributed by atoms with Gasteiger partial charge in [0.2, 0.25) is 5.91 Å². The van der Waals surface area contributed by atoms with Gasteiger partial charge in [-0.1, -0.05) is 6.07 Å². The molecule has 2 heterocycles. The summed E-state index contributed by atoms with van der Waals surface area (Å²) in [5.74, 6) is -0.400. The zero-order valence-electron chi connectivity index (χ0n) is 13.7. The molecule has 8 nitrogen and oxygen atoms in total. The van der Waals surface area contributed by atoms with E-state index in [1.165, 1.54) is 15.6 Å². The highest BCUT2D eigenvalue weighted by Crippen LogP contribution is 2.21. The van der Waals surface area contributed by atoms with Gasteiger partial charge in [0.15, 0.2) is 0 Å². The van der Waals surface area contributed by atoms with E-state index in [9.17, 15) is 18.0 Å². The molecule has 0 unspecified atom stereocenters. The highest BCUT2D eigenvalue weighted by molar-refractivity contribution is 7.91. The van der Waals surface area contributed by atoms with E-state index in [0.29, 0.717) is 30.4 Å². The maximum atomic E-state index is 12.4. The second-order valence-corrected chi connectivity index (χ2v) is 8.90. The molecule has 1 aliphatic heterocycles. The minimum absolute atomic E-state index is 0.0520. The minimum Gasteiger partial charge on any atom is -0.336 e. The average Bonchev–Trinajstić information content (AvgIpc) is 3.01. The summed E-state index contributed by atoms with van der Waals surface area (Å²) in [6, 6.07) is 2.73. The first-order valence-corrected chi connectivity index (χ1v) is 9.97. The van der Waals surface area contributed by atoms with Gasteiger partial charge >= 0.3 is 6.03 Å². The van der Waals surface area contributed by atoms with E-state index in [1.807, 2.05) is 4.90 Å². The van der Waals surface area contributed by atoms with Crippen molar-refractivity contribution in [2.75, 3.05) is 32.7 Å². The van der Waals surface area contributed by atoms with Crippen molar-refractivity contribution in [3.8, 4) is 0 Å². The van der Waals surface area contributed by atoms with E-state index in [4.69, 9.17) is 0 Å². The number of urea groups is 1. The number of rotatable bonds is 5. The number of nitrogens with zero attached hydrogens (tertiary/aromatic N) is 2. The van der Waals surface area contributed by atoms with Gasteiger partial charge in [-0.2, -0.15) is 4.31 Å². The summed E-state index contributed by atoms with van der Waals surface area (Å²) < 4.78 is 26.6. The lowest BCUT2D eigenvalue weighted by Crippen LogP contribution is -2.52. The van der Waals surface area contributed by atoms with Crippen LogP contribution in [0.5, 0.6) is 0 Å². The normalized spacial score (nSPS) is 17.0. The predicted octanol–water partition coefficient (Wildman–Crippen LogP) is 0.289. The predicted molar refractivity (Wildman–Crippen MR) is 91.3 cm³/mol. The van der Waals surface area contributed by atoms with Gasteiger partial charge in [-0.3, -0.25) is 15.0 Å². The number of nitrogens with one attached hydrogen (secondary N) is 2. The third-order valence-corrected chi connectivity index (χ3v) is 6.73. The highest BCUT2D eigenvalue weighted by atomic mass is 32.2. The lowest BCUT2D eigenvalue weighted by molar-refractivity contribution is -0.121. The zero-order chi connectivity index (χ0) is 17.7. The Labute approximate surface area is 145 Å². The molecule has 1 aromatic rings.